The first kappa shape index (κ1) is 48.2. The van der Waals surface area contributed by atoms with E-state index in [1.807, 2.05) is 19.9 Å². The van der Waals surface area contributed by atoms with Crippen molar-refractivity contribution in [2.24, 2.45) is 0 Å². The Hall–Kier alpha value is -3.90. The second-order valence-electron chi connectivity index (χ2n) is 14.7. The summed E-state index contributed by atoms with van der Waals surface area (Å²) >= 11 is 0. The number of likely N-dealkylation sites (N-methyl/N-ethyl adjacent to an activating group) is 2. The molecule has 0 atom stereocenters. The predicted octanol–water partition coefficient (Wildman–Crippen LogP) is 8.12. The molecule has 3 aromatic carbocycles. The van der Waals surface area contributed by atoms with Crippen LogP contribution in [0.1, 0.15) is 106 Å². The molecule has 2 aliphatic heterocycles. The third kappa shape index (κ3) is 16.7. The fraction of sp³-hybridized carbons (Fsp3) is 0.490. The minimum absolute atomic E-state index is 0.787. The van der Waals surface area contributed by atoms with E-state index in [9.17, 15) is 0 Å². The summed E-state index contributed by atoms with van der Waals surface area (Å²) in [4.78, 5) is 0. The summed E-state index contributed by atoms with van der Waals surface area (Å²) in [6.07, 6.45) is 17.8. The molecular weight excluding hydrogens is 685 g/mol. The highest BCUT2D eigenvalue weighted by molar-refractivity contribution is 5.99. The lowest BCUT2D eigenvalue weighted by Gasteiger charge is -2.16. The van der Waals surface area contributed by atoms with Gasteiger partial charge in [0.15, 0.2) is 11.4 Å². The van der Waals surface area contributed by atoms with E-state index < -0.39 is 0 Å². The van der Waals surface area contributed by atoms with Gasteiger partial charge in [-0.1, -0.05) is 99.3 Å². The number of unbranched alkanes of at least 4 members (excludes halogenated alkanes) is 1. The maximum atomic E-state index is 6.00. The Morgan fingerprint density at radius 2 is 1.27 bits per heavy atom. The lowest BCUT2D eigenvalue weighted by atomic mass is 9.93. The molecular formula is C51H80N4O+4. The molecule has 56 heavy (non-hydrogen) atoms. The van der Waals surface area contributed by atoms with Gasteiger partial charge in [-0.3, -0.25) is 0 Å². The van der Waals surface area contributed by atoms with Gasteiger partial charge in [0.2, 0.25) is 0 Å². The predicted molar refractivity (Wildman–Crippen MR) is 243 cm³/mol. The number of rotatable bonds is 18. The number of allylic oxidation sites excluding steroid dienone is 4. The molecule has 3 aromatic rings. The molecule has 0 saturated carbocycles. The second-order valence-corrected chi connectivity index (χ2v) is 14.7. The zero-order chi connectivity index (χ0) is 41.0. The van der Waals surface area contributed by atoms with Gasteiger partial charge in [0.1, 0.15) is 27.2 Å². The van der Waals surface area contributed by atoms with Gasteiger partial charge in [0, 0.05) is 43.4 Å². The minimum atomic E-state index is 0.787. The quantitative estimate of drug-likeness (QED) is 0.0768. The van der Waals surface area contributed by atoms with Crippen molar-refractivity contribution in [3.8, 4) is 0 Å². The highest BCUT2D eigenvalue weighted by Crippen LogP contribution is 2.21. The number of fused-ring (bicyclic) bond motifs is 2. The summed E-state index contributed by atoms with van der Waals surface area (Å²) in [6.45, 7) is 20.6. The lowest BCUT2D eigenvalue weighted by molar-refractivity contribution is -0.626. The molecule has 5 heteroatoms. The molecule has 0 radical (unpaired) electrons. The molecule has 306 valence electrons. The molecule has 0 bridgehead atoms. The van der Waals surface area contributed by atoms with Crippen LogP contribution in [0, 0.1) is 6.92 Å². The number of quaternary nitrogens is 2. The maximum Gasteiger partial charge on any atom is 0.185 e. The fourth-order valence-corrected chi connectivity index (χ4v) is 7.33. The summed E-state index contributed by atoms with van der Waals surface area (Å²) in [5.41, 5.74) is 14.5. The zero-order valence-corrected chi connectivity index (χ0v) is 37.1. The van der Waals surface area contributed by atoms with Crippen LogP contribution >= 0.6 is 0 Å². The number of hydrogen-bond donors (Lipinski definition) is 2. The summed E-state index contributed by atoms with van der Waals surface area (Å²) in [6, 6.07) is 26.5. The van der Waals surface area contributed by atoms with Crippen molar-refractivity contribution >= 4 is 11.4 Å². The Morgan fingerprint density at radius 3 is 1.82 bits per heavy atom. The van der Waals surface area contributed by atoms with Crippen molar-refractivity contribution in [2.45, 2.75) is 98.8 Å². The summed E-state index contributed by atoms with van der Waals surface area (Å²) in [5, 5.41) is 4.35. The molecule has 2 heterocycles. The highest BCUT2D eigenvalue weighted by atomic mass is 16.5. The van der Waals surface area contributed by atoms with Crippen LogP contribution < -0.4 is 10.6 Å². The van der Waals surface area contributed by atoms with E-state index in [0.717, 1.165) is 65.0 Å². The van der Waals surface area contributed by atoms with Gasteiger partial charge >= 0.3 is 0 Å². The third-order valence-corrected chi connectivity index (χ3v) is 10.7. The van der Waals surface area contributed by atoms with E-state index in [4.69, 9.17) is 4.74 Å². The summed E-state index contributed by atoms with van der Waals surface area (Å²) in [5.74, 6) is 0. The molecule has 0 aliphatic carbocycles. The second kappa shape index (κ2) is 29.4. The van der Waals surface area contributed by atoms with E-state index in [2.05, 4.69) is 160 Å². The largest absolute Gasteiger partial charge is 0.381 e. The van der Waals surface area contributed by atoms with Crippen LogP contribution in [0.25, 0.3) is 0 Å². The van der Waals surface area contributed by atoms with Gasteiger partial charge in [0.05, 0.1) is 40.2 Å². The molecule has 0 saturated heterocycles. The number of nitrogens with zero attached hydrogens (tertiary/aromatic N) is 2. The SMILES string of the molecule is C=C/C(CC[NH2+]C)=C(\C=C/C)CCCOCCC1=[N+](C)CCc2ccccc21.CC.CC[NH2+]C.Cc1ccccc1CCCCC1=[N+](C)CCc2ccccc21. The first-order valence-corrected chi connectivity index (χ1v) is 21.8. The molecule has 0 fully saturated rings. The Labute approximate surface area is 343 Å². The highest BCUT2D eigenvalue weighted by Gasteiger charge is 2.23. The van der Waals surface area contributed by atoms with Crippen molar-refractivity contribution in [1.82, 2.24) is 0 Å². The zero-order valence-electron chi connectivity index (χ0n) is 37.1. The van der Waals surface area contributed by atoms with Crippen LogP contribution in [0.2, 0.25) is 0 Å². The topological polar surface area (TPSA) is 48.5 Å². The maximum absolute atomic E-state index is 6.00. The Morgan fingerprint density at radius 1 is 0.714 bits per heavy atom. The van der Waals surface area contributed by atoms with Crippen LogP contribution in [0.5, 0.6) is 0 Å². The summed E-state index contributed by atoms with van der Waals surface area (Å²) < 4.78 is 10.8. The average molecular weight is 765 g/mol. The standard InChI is InChI=1S/C25H37N2O.C21H26N.C3H9N.C2H6/c1-5-10-22(21(6-2)14-17-26-3)12-9-19-28-20-16-25-24-13-8-7-11-23(24)15-18-27(25)4;1-17-9-3-4-10-18(17)11-6-8-14-21-20-13-7-5-12-19(20)15-16-22(21)2;1-3-4-2;1-2/h5-8,10-11,13,26H,2,9,12,14-20H2,1,3-4H3;3-5,7,9-10,12-13H,6,8,11,14-16H2,1-2H3;4H,3H2,1-2H3;1-2H3/q2*+1;;/p+2/b10-5-,22-21-;;;. The van der Waals surface area contributed by atoms with E-state index in [1.165, 1.54) is 94.6 Å². The van der Waals surface area contributed by atoms with Gasteiger partial charge in [-0.05, 0) is 98.4 Å². The van der Waals surface area contributed by atoms with Crippen molar-refractivity contribution < 1.29 is 24.5 Å². The van der Waals surface area contributed by atoms with Gasteiger partial charge in [-0.15, -0.1) is 0 Å². The van der Waals surface area contributed by atoms with Gasteiger partial charge in [-0.2, -0.15) is 0 Å². The fourth-order valence-electron chi connectivity index (χ4n) is 7.33. The number of ether oxygens (including phenoxy) is 1. The normalized spacial score (nSPS) is 13.7. The van der Waals surface area contributed by atoms with E-state index >= 15 is 0 Å². The lowest BCUT2D eigenvalue weighted by Crippen LogP contribution is -2.79. The van der Waals surface area contributed by atoms with E-state index in [-0.39, 0.29) is 0 Å². The van der Waals surface area contributed by atoms with Crippen molar-refractivity contribution in [1.29, 1.82) is 0 Å². The number of benzene rings is 3. The third-order valence-electron chi connectivity index (χ3n) is 10.7. The van der Waals surface area contributed by atoms with Crippen molar-refractivity contribution in [3.63, 3.8) is 0 Å². The van der Waals surface area contributed by atoms with E-state index in [1.54, 1.807) is 0 Å². The number of hydrogen-bond acceptors (Lipinski definition) is 1. The van der Waals surface area contributed by atoms with Crippen LogP contribution in [0.3, 0.4) is 0 Å². The minimum Gasteiger partial charge on any atom is -0.381 e. The van der Waals surface area contributed by atoms with Crippen LogP contribution in [-0.2, 0) is 24.0 Å². The van der Waals surface area contributed by atoms with Crippen molar-refractivity contribution in [3.05, 3.63) is 142 Å². The van der Waals surface area contributed by atoms with Crippen LogP contribution in [-0.4, -0.2) is 88.2 Å². The molecule has 5 rings (SSSR count). The first-order valence-electron chi connectivity index (χ1n) is 21.8. The molecule has 0 spiro atoms. The van der Waals surface area contributed by atoms with Crippen molar-refractivity contribution in [2.75, 3.05) is 67.6 Å². The molecule has 5 nitrogen and oxygen atoms in total. The first-order chi connectivity index (χ1) is 27.4. The van der Waals surface area contributed by atoms with Gasteiger partial charge < -0.3 is 15.4 Å². The van der Waals surface area contributed by atoms with Gasteiger partial charge in [0.25, 0.3) is 0 Å². The number of nitrogens with two attached hydrogens (primary N) is 2. The van der Waals surface area contributed by atoms with E-state index in [0.29, 0.717) is 0 Å². The average Bonchev–Trinajstić information content (AvgIpc) is 3.23. The summed E-state index contributed by atoms with van der Waals surface area (Å²) in [7, 11) is 8.61. The monoisotopic (exact) mass is 765 g/mol. The molecule has 4 N–H and O–H groups in total. The van der Waals surface area contributed by atoms with Crippen LogP contribution in [0.15, 0.2) is 109 Å². The molecule has 0 amide bonds. The smallest absolute Gasteiger partial charge is 0.185 e. The Balaban J connectivity index is 0.000000345. The molecule has 0 unspecified atom stereocenters. The van der Waals surface area contributed by atoms with Gasteiger partial charge in [-0.25, -0.2) is 9.15 Å². The van der Waals surface area contributed by atoms with Crippen LogP contribution in [0.4, 0.5) is 0 Å². The Bertz CT molecular complexity index is 1690. The Kier molecular flexibility index (Phi) is 25.3. The number of aryl methyl sites for hydroxylation is 2. The molecule has 2 aliphatic rings. The molecule has 0 aromatic heterocycles.